The van der Waals surface area contributed by atoms with Crippen LogP contribution in [-0.4, -0.2) is 68.3 Å². The highest BCUT2D eigenvalue weighted by Crippen LogP contribution is 2.28. The first kappa shape index (κ1) is 17.9. The van der Waals surface area contributed by atoms with Crippen LogP contribution in [0.1, 0.15) is 23.3 Å². The largest absolute Gasteiger partial charge is 0.346 e. The highest BCUT2D eigenvalue weighted by molar-refractivity contribution is 5.95. The van der Waals surface area contributed by atoms with Crippen molar-refractivity contribution in [3.63, 3.8) is 0 Å². The quantitative estimate of drug-likeness (QED) is 0.586. The SMILES string of the molecule is CN1CCC(N(C)C(=O)c2cnc3ccc(-c4c[nH]c5ncccc45)cn23)CC1. The molecule has 1 amide bonds. The van der Waals surface area contributed by atoms with Gasteiger partial charge in [0.15, 0.2) is 0 Å². The Morgan fingerprint density at radius 3 is 2.86 bits per heavy atom. The molecule has 1 saturated heterocycles. The van der Waals surface area contributed by atoms with Gasteiger partial charge in [0.05, 0.1) is 6.20 Å². The maximum Gasteiger partial charge on any atom is 0.272 e. The van der Waals surface area contributed by atoms with Crippen LogP contribution in [0.5, 0.6) is 0 Å². The zero-order chi connectivity index (χ0) is 20.0. The van der Waals surface area contributed by atoms with E-state index in [-0.39, 0.29) is 11.9 Å². The van der Waals surface area contributed by atoms with E-state index in [0.717, 1.165) is 53.7 Å². The van der Waals surface area contributed by atoms with Crippen LogP contribution < -0.4 is 0 Å². The third kappa shape index (κ3) is 3.07. The Hall–Kier alpha value is -3.19. The van der Waals surface area contributed by atoms with Crippen LogP contribution in [0.25, 0.3) is 27.8 Å². The number of likely N-dealkylation sites (tertiary alicyclic amines) is 1. The summed E-state index contributed by atoms with van der Waals surface area (Å²) in [7, 11) is 4.04. The molecule has 0 aliphatic carbocycles. The molecule has 0 spiro atoms. The Labute approximate surface area is 169 Å². The fraction of sp³-hybridized carbons (Fsp3) is 0.318. The Bertz CT molecular complexity index is 1180. The Morgan fingerprint density at radius 1 is 1.21 bits per heavy atom. The van der Waals surface area contributed by atoms with Gasteiger partial charge in [-0.15, -0.1) is 0 Å². The van der Waals surface area contributed by atoms with E-state index in [9.17, 15) is 4.79 Å². The number of hydrogen-bond acceptors (Lipinski definition) is 4. The summed E-state index contributed by atoms with van der Waals surface area (Å²) in [5, 5.41) is 1.06. The van der Waals surface area contributed by atoms with Crippen LogP contribution in [-0.2, 0) is 0 Å². The molecule has 0 radical (unpaired) electrons. The number of aromatic nitrogens is 4. The van der Waals surface area contributed by atoms with E-state index < -0.39 is 0 Å². The zero-order valence-corrected chi connectivity index (χ0v) is 16.7. The van der Waals surface area contributed by atoms with Crippen LogP contribution in [0.3, 0.4) is 0 Å². The summed E-state index contributed by atoms with van der Waals surface area (Å²) in [6, 6.07) is 8.24. The van der Waals surface area contributed by atoms with Crippen molar-refractivity contribution >= 4 is 22.6 Å². The summed E-state index contributed by atoms with van der Waals surface area (Å²) in [6.45, 7) is 2.04. The van der Waals surface area contributed by atoms with Crippen molar-refractivity contribution in [1.82, 2.24) is 29.2 Å². The second kappa shape index (κ2) is 7.00. The molecule has 0 atom stereocenters. The van der Waals surface area contributed by atoms with Crippen LogP contribution in [0.15, 0.2) is 49.1 Å². The van der Waals surface area contributed by atoms with Gasteiger partial charge in [0.2, 0.25) is 0 Å². The number of nitrogens with zero attached hydrogens (tertiary/aromatic N) is 5. The average Bonchev–Trinajstić information content (AvgIpc) is 3.37. The van der Waals surface area contributed by atoms with Crippen molar-refractivity contribution < 1.29 is 4.79 Å². The summed E-state index contributed by atoms with van der Waals surface area (Å²) >= 11 is 0. The molecule has 5 heterocycles. The Balaban J connectivity index is 1.50. The molecule has 1 fully saturated rings. The minimum absolute atomic E-state index is 0.0183. The summed E-state index contributed by atoms with van der Waals surface area (Å²) < 4.78 is 1.90. The topological polar surface area (TPSA) is 69.5 Å². The summed E-state index contributed by atoms with van der Waals surface area (Å²) in [6.07, 6.45) is 9.42. The van der Waals surface area contributed by atoms with E-state index in [1.54, 1.807) is 12.4 Å². The molecule has 4 aromatic heterocycles. The van der Waals surface area contributed by atoms with Crippen LogP contribution in [0, 0.1) is 0 Å². The molecule has 0 aromatic carbocycles. The van der Waals surface area contributed by atoms with Crippen molar-refractivity contribution in [1.29, 1.82) is 0 Å². The second-order valence-electron chi connectivity index (χ2n) is 7.84. The second-order valence-corrected chi connectivity index (χ2v) is 7.84. The zero-order valence-electron chi connectivity index (χ0n) is 16.7. The van der Waals surface area contributed by atoms with Gasteiger partial charge in [0, 0.05) is 48.2 Å². The molecule has 7 heteroatoms. The first-order chi connectivity index (χ1) is 14.1. The summed E-state index contributed by atoms with van der Waals surface area (Å²) in [4.78, 5) is 29.5. The van der Waals surface area contributed by atoms with Crippen molar-refractivity contribution in [2.45, 2.75) is 18.9 Å². The third-order valence-electron chi connectivity index (χ3n) is 6.04. The van der Waals surface area contributed by atoms with E-state index in [4.69, 9.17) is 0 Å². The number of imidazole rings is 1. The number of carbonyl (C=O) groups is 1. The first-order valence-electron chi connectivity index (χ1n) is 9.97. The Kier molecular flexibility index (Phi) is 4.32. The molecular weight excluding hydrogens is 364 g/mol. The van der Waals surface area contributed by atoms with Gasteiger partial charge in [-0.2, -0.15) is 0 Å². The molecule has 1 N–H and O–H groups in total. The number of amides is 1. The standard InChI is InChI=1S/C22H24N6O/c1-26-10-7-16(8-11-26)27(2)22(29)19-13-24-20-6-5-15(14-28(19)20)18-12-25-21-17(18)4-3-9-23-21/h3-6,9,12-14,16H,7-8,10-11H2,1-2H3,(H,23,25). The molecule has 0 bridgehead atoms. The number of pyridine rings is 2. The van der Waals surface area contributed by atoms with Crippen molar-refractivity contribution in [2.24, 2.45) is 0 Å². The molecule has 29 heavy (non-hydrogen) atoms. The Morgan fingerprint density at radius 2 is 2.03 bits per heavy atom. The number of hydrogen-bond donors (Lipinski definition) is 1. The van der Waals surface area contributed by atoms with E-state index in [2.05, 4.69) is 26.9 Å². The predicted molar refractivity (Wildman–Crippen MR) is 113 cm³/mol. The molecule has 4 aromatic rings. The lowest BCUT2D eigenvalue weighted by molar-refractivity contribution is 0.0653. The normalized spacial score (nSPS) is 15.9. The number of rotatable bonds is 3. The molecule has 0 saturated carbocycles. The molecule has 1 aliphatic heterocycles. The molecule has 5 rings (SSSR count). The molecule has 148 valence electrons. The lowest BCUT2D eigenvalue weighted by Gasteiger charge is -2.35. The number of piperidine rings is 1. The monoisotopic (exact) mass is 388 g/mol. The maximum absolute atomic E-state index is 13.2. The van der Waals surface area contributed by atoms with E-state index in [0.29, 0.717) is 5.69 Å². The lowest BCUT2D eigenvalue weighted by Crippen LogP contribution is -2.44. The average molecular weight is 388 g/mol. The highest BCUT2D eigenvalue weighted by Gasteiger charge is 2.26. The molecule has 0 unspecified atom stereocenters. The van der Waals surface area contributed by atoms with Gasteiger partial charge in [-0.05, 0) is 57.2 Å². The fourth-order valence-corrected chi connectivity index (χ4v) is 4.22. The molecular formula is C22H24N6O. The van der Waals surface area contributed by atoms with Gasteiger partial charge >= 0.3 is 0 Å². The number of nitrogens with one attached hydrogen (secondary N) is 1. The third-order valence-corrected chi connectivity index (χ3v) is 6.04. The number of fused-ring (bicyclic) bond motifs is 2. The number of H-pyrrole nitrogens is 1. The maximum atomic E-state index is 13.2. The number of aromatic amines is 1. The van der Waals surface area contributed by atoms with E-state index in [1.807, 2.05) is 53.0 Å². The van der Waals surface area contributed by atoms with E-state index >= 15 is 0 Å². The smallest absolute Gasteiger partial charge is 0.272 e. The van der Waals surface area contributed by atoms with Gasteiger partial charge in [-0.25, -0.2) is 9.97 Å². The number of carbonyl (C=O) groups excluding carboxylic acids is 1. The minimum atomic E-state index is 0.0183. The predicted octanol–water partition coefficient (Wildman–Crippen LogP) is 3.04. The van der Waals surface area contributed by atoms with Crippen LogP contribution >= 0.6 is 0 Å². The molecule has 7 nitrogen and oxygen atoms in total. The fourth-order valence-electron chi connectivity index (χ4n) is 4.22. The van der Waals surface area contributed by atoms with E-state index in [1.165, 1.54) is 0 Å². The van der Waals surface area contributed by atoms with Gasteiger partial charge < -0.3 is 14.8 Å². The van der Waals surface area contributed by atoms with Gasteiger partial charge in [0.25, 0.3) is 5.91 Å². The lowest BCUT2D eigenvalue weighted by atomic mass is 10.0. The summed E-state index contributed by atoms with van der Waals surface area (Å²) in [5.41, 5.74) is 4.30. The summed E-state index contributed by atoms with van der Waals surface area (Å²) in [5.74, 6) is 0.0183. The van der Waals surface area contributed by atoms with Crippen LogP contribution in [0.2, 0.25) is 0 Å². The van der Waals surface area contributed by atoms with Gasteiger partial charge in [-0.1, -0.05) is 0 Å². The highest BCUT2D eigenvalue weighted by atomic mass is 16.2. The van der Waals surface area contributed by atoms with Crippen molar-refractivity contribution in [3.8, 4) is 11.1 Å². The minimum Gasteiger partial charge on any atom is -0.346 e. The van der Waals surface area contributed by atoms with Crippen LogP contribution in [0.4, 0.5) is 0 Å². The molecule has 1 aliphatic rings. The van der Waals surface area contributed by atoms with Gasteiger partial charge in [-0.3, -0.25) is 9.20 Å². The first-order valence-corrected chi connectivity index (χ1v) is 9.97. The van der Waals surface area contributed by atoms with Gasteiger partial charge in [0.1, 0.15) is 17.0 Å². The van der Waals surface area contributed by atoms with Crippen molar-refractivity contribution in [2.75, 3.05) is 27.2 Å². The van der Waals surface area contributed by atoms with Crippen molar-refractivity contribution in [3.05, 3.63) is 54.7 Å².